The molecule has 5 heteroatoms. The molecule has 0 bridgehead atoms. The Balaban J connectivity index is 2.52. The van der Waals surface area contributed by atoms with E-state index in [4.69, 9.17) is 0 Å². The summed E-state index contributed by atoms with van der Waals surface area (Å²) in [5, 5.41) is 13.6. The Morgan fingerprint density at radius 3 is 2.93 bits per heavy atom. The number of para-hydroxylation sites is 1. The van der Waals surface area contributed by atoms with Crippen LogP contribution in [0.3, 0.4) is 0 Å². The molecule has 15 heavy (non-hydrogen) atoms. The van der Waals surface area contributed by atoms with E-state index in [2.05, 4.69) is 5.32 Å². The van der Waals surface area contributed by atoms with E-state index in [9.17, 15) is 14.9 Å². The molecule has 1 aromatic rings. The van der Waals surface area contributed by atoms with Crippen LogP contribution in [-0.4, -0.2) is 17.3 Å². The molecule has 0 radical (unpaired) electrons. The van der Waals surface area contributed by atoms with Crippen LogP contribution in [0.4, 0.5) is 11.4 Å². The Labute approximate surface area is 86.2 Å². The Hall–Kier alpha value is -1.91. The van der Waals surface area contributed by atoms with Crippen molar-refractivity contribution in [3.8, 4) is 0 Å². The molecule has 1 unspecified atom stereocenters. The van der Waals surface area contributed by atoms with Crippen molar-refractivity contribution in [2.45, 2.75) is 12.8 Å². The van der Waals surface area contributed by atoms with Gasteiger partial charge in [-0.2, -0.15) is 0 Å². The normalized spacial score (nSPS) is 18.1. The fourth-order valence-corrected chi connectivity index (χ4v) is 1.87. The van der Waals surface area contributed by atoms with Gasteiger partial charge in [0, 0.05) is 12.6 Å². The second kappa shape index (κ2) is 3.34. The number of fused-ring (bicyclic) bond motifs is 1. The number of nitro groups is 1. The van der Waals surface area contributed by atoms with E-state index >= 15 is 0 Å². The largest absolute Gasteiger partial charge is 0.378 e. The lowest BCUT2D eigenvalue weighted by molar-refractivity contribution is -0.383. The van der Waals surface area contributed by atoms with E-state index in [1.54, 1.807) is 12.1 Å². The number of nitrogens with zero attached hydrogens (tertiary/aromatic N) is 1. The summed E-state index contributed by atoms with van der Waals surface area (Å²) in [6.45, 7) is 1.95. The van der Waals surface area contributed by atoms with Crippen LogP contribution < -0.4 is 5.32 Å². The molecular formula is C10H10N2O3. The molecule has 1 aliphatic rings. The fourth-order valence-electron chi connectivity index (χ4n) is 1.87. The molecule has 5 nitrogen and oxygen atoms in total. The number of Topliss-reactive ketones (excluding diaryl/α,β-unsaturated/α-hetero) is 1. The van der Waals surface area contributed by atoms with Gasteiger partial charge in [-0.15, -0.1) is 0 Å². The number of benzene rings is 1. The number of hydrogen-bond acceptors (Lipinski definition) is 4. The summed E-state index contributed by atoms with van der Waals surface area (Å²) in [5.74, 6) is -0.221. The Morgan fingerprint density at radius 2 is 2.33 bits per heavy atom. The van der Waals surface area contributed by atoms with Crippen LogP contribution in [0.5, 0.6) is 0 Å². The third-order valence-electron chi connectivity index (χ3n) is 2.62. The molecule has 0 saturated heterocycles. The summed E-state index contributed by atoms with van der Waals surface area (Å²) in [6, 6.07) is 4.81. The molecule has 0 fully saturated rings. The number of ketones is 1. The highest BCUT2D eigenvalue weighted by Gasteiger charge is 2.30. The number of nitro benzene ring substituents is 1. The zero-order valence-corrected chi connectivity index (χ0v) is 8.19. The number of carbonyl (C=O) groups excluding carboxylic acids is 1. The van der Waals surface area contributed by atoms with E-state index in [1.165, 1.54) is 13.0 Å². The minimum absolute atomic E-state index is 0.0294. The van der Waals surface area contributed by atoms with Crippen LogP contribution >= 0.6 is 0 Å². The zero-order valence-electron chi connectivity index (χ0n) is 8.19. The first-order valence-electron chi connectivity index (χ1n) is 4.63. The predicted octanol–water partition coefficient (Wildman–Crippen LogP) is 1.69. The van der Waals surface area contributed by atoms with E-state index < -0.39 is 4.92 Å². The molecule has 1 aromatic carbocycles. The van der Waals surface area contributed by atoms with Gasteiger partial charge in [-0.25, -0.2) is 0 Å². The molecular weight excluding hydrogens is 196 g/mol. The molecule has 1 atom stereocenters. The molecule has 78 valence electrons. The fraction of sp³-hybridized carbons (Fsp3) is 0.300. The first-order valence-corrected chi connectivity index (χ1v) is 4.63. The number of nitrogens with one attached hydrogen (secondary N) is 1. The van der Waals surface area contributed by atoms with Gasteiger partial charge in [-0.3, -0.25) is 14.9 Å². The average molecular weight is 206 g/mol. The number of rotatable bonds is 2. The first-order chi connectivity index (χ1) is 7.11. The summed E-state index contributed by atoms with van der Waals surface area (Å²) >= 11 is 0. The third-order valence-corrected chi connectivity index (χ3v) is 2.62. The van der Waals surface area contributed by atoms with Crippen molar-refractivity contribution in [1.29, 1.82) is 0 Å². The lowest BCUT2D eigenvalue weighted by atomic mass is 9.97. The SMILES string of the molecule is CC(=O)C1CNc2c1cccc2[N+](=O)[O-]. The summed E-state index contributed by atoms with van der Waals surface area (Å²) in [6.07, 6.45) is 0. The Morgan fingerprint density at radius 1 is 1.60 bits per heavy atom. The van der Waals surface area contributed by atoms with Crippen molar-refractivity contribution in [3.05, 3.63) is 33.9 Å². The van der Waals surface area contributed by atoms with Crippen LogP contribution in [0.2, 0.25) is 0 Å². The van der Waals surface area contributed by atoms with Gasteiger partial charge in [0.15, 0.2) is 0 Å². The Bertz CT molecular complexity index is 442. The summed E-state index contributed by atoms with van der Waals surface area (Å²) in [5.41, 5.74) is 1.26. The lowest BCUT2D eigenvalue weighted by Crippen LogP contribution is -2.10. The minimum Gasteiger partial charge on any atom is -0.378 e. The highest BCUT2D eigenvalue weighted by molar-refractivity contribution is 5.89. The number of carbonyl (C=O) groups is 1. The highest BCUT2D eigenvalue weighted by Crippen LogP contribution is 2.38. The number of hydrogen-bond donors (Lipinski definition) is 1. The van der Waals surface area contributed by atoms with Crippen LogP contribution in [-0.2, 0) is 4.79 Å². The molecule has 0 aliphatic carbocycles. The van der Waals surface area contributed by atoms with Crippen LogP contribution in [0, 0.1) is 10.1 Å². The smallest absolute Gasteiger partial charge is 0.292 e. The van der Waals surface area contributed by atoms with Crippen molar-refractivity contribution in [1.82, 2.24) is 0 Å². The standard InChI is InChI=1S/C10H10N2O3/c1-6(13)8-5-11-10-7(8)3-2-4-9(10)12(14)15/h2-4,8,11H,5H2,1H3. The second-order valence-electron chi connectivity index (χ2n) is 3.54. The van der Waals surface area contributed by atoms with Gasteiger partial charge < -0.3 is 5.32 Å². The van der Waals surface area contributed by atoms with Crippen LogP contribution in [0.1, 0.15) is 18.4 Å². The van der Waals surface area contributed by atoms with E-state index in [0.717, 1.165) is 5.56 Å². The molecule has 0 aromatic heterocycles. The maximum atomic E-state index is 11.3. The van der Waals surface area contributed by atoms with Crippen molar-refractivity contribution >= 4 is 17.2 Å². The summed E-state index contributed by atoms with van der Waals surface area (Å²) in [4.78, 5) is 21.6. The van der Waals surface area contributed by atoms with Crippen LogP contribution in [0.15, 0.2) is 18.2 Å². The second-order valence-corrected chi connectivity index (χ2v) is 3.54. The number of anilines is 1. The summed E-state index contributed by atoms with van der Waals surface area (Å²) < 4.78 is 0. The molecule has 1 heterocycles. The monoisotopic (exact) mass is 206 g/mol. The predicted molar refractivity (Wildman–Crippen MR) is 55.0 cm³/mol. The van der Waals surface area contributed by atoms with Gasteiger partial charge >= 0.3 is 0 Å². The molecule has 1 aliphatic heterocycles. The van der Waals surface area contributed by atoms with E-state index in [-0.39, 0.29) is 17.4 Å². The zero-order chi connectivity index (χ0) is 11.0. The minimum atomic E-state index is -0.436. The molecule has 2 rings (SSSR count). The maximum absolute atomic E-state index is 11.3. The van der Waals surface area contributed by atoms with E-state index in [0.29, 0.717) is 12.2 Å². The summed E-state index contributed by atoms with van der Waals surface area (Å²) in [7, 11) is 0. The van der Waals surface area contributed by atoms with Crippen molar-refractivity contribution in [2.24, 2.45) is 0 Å². The van der Waals surface area contributed by atoms with Gasteiger partial charge in [0.05, 0.1) is 10.8 Å². The highest BCUT2D eigenvalue weighted by atomic mass is 16.6. The lowest BCUT2D eigenvalue weighted by Gasteiger charge is -2.04. The van der Waals surface area contributed by atoms with Gasteiger partial charge in [-0.05, 0) is 12.5 Å². The first kappa shape index (κ1) is 9.64. The van der Waals surface area contributed by atoms with Crippen molar-refractivity contribution in [3.63, 3.8) is 0 Å². The van der Waals surface area contributed by atoms with Gasteiger partial charge in [0.2, 0.25) is 0 Å². The third kappa shape index (κ3) is 1.45. The molecule has 0 spiro atoms. The van der Waals surface area contributed by atoms with Gasteiger partial charge in [0.1, 0.15) is 11.5 Å². The van der Waals surface area contributed by atoms with E-state index in [1.807, 2.05) is 0 Å². The maximum Gasteiger partial charge on any atom is 0.292 e. The molecule has 0 saturated carbocycles. The molecule has 1 N–H and O–H groups in total. The topological polar surface area (TPSA) is 72.2 Å². The molecule has 0 amide bonds. The average Bonchev–Trinajstić information content (AvgIpc) is 2.59. The van der Waals surface area contributed by atoms with Crippen molar-refractivity contribution in [2.75, 3.05) is 11.9 Å². The Kier molecular flexibility index (Phi) is 2.15. The van der Waals surface area contributed by atoms with Gasteiger partial charge in [0.25, 0.3) is 5.69 Å². The van der Waals surface area contributed by atoms with Gasteiger partial charge in [-0.1, -0.05) is 12.1 Å². The van der Waals surface area contributed by atoms with Crippen LogP contribution in [0.25, 0.3) is 0 Å². The van der Waals surface area contributed by atoms with Crippen molar-refractivity contribution < 1.29 is 9.72 Å². The quantitative estimate of drug-likeness (QED) is 0.590.